The van der Waals surface area contributed by atoms with E-state index in [0.717, 1.165) is 36.8 Å². The maximum Gasteiger partial charge on any atom is 0.254 e. The zero-order chi connectivity index (χ0) is 17.1. The molecule has 2 aromatic rings. The van der Waals surface area contributed by atoms with Crippen molar-refractivity contribution in [2.24, 2.45) is 5.92 Å². The van der Waals surface area contributed by atoms with Gasteiger partial charge in [0.1, 0.15) is 5.82 Å². The van der Waals surface area contributed by atoms with Gasteiger partial charge in [0.2, 0.25) is 0 Å². The van der Waals surface area contributed by atoms with Crippen LogP contribution in [-0.2, 0) is 6.42 Å². The molecule has 1 saturated heterocycles. The maximum atomic E-state index is 11.9. The number of hydrogen-bond donors (Lipinski definition) is 0. The number of amides is 1. The van der Waals surface area contributed by atoms with Gasteiger partial charge < -0.3 is 9.80 Å². The minimum absolute atomic E-state index is 0.0175. The number of hydrogen-bond acceptors (Lipinski definition) is 3. The number of anilines is 1. The number of halogens is 1. The Hall–Kier alpha value is -2.07. The van der Waals surface area contributed by atoms with E-state index in [0.29, 0.717) is 11.5 Å². The molecule has 0 N–H and O–H groups in total. The molecule has 2 heterocycles. The van der Waals surface area contributed by atoms with E-state index in [-0.39, 0.29) is 5.91 Å². The fourth-order valence-electron chi connectivity index (χ4n) is 3.12. The summed E-state index contributed by atoms with van der Waals surface area (Å²) in [6, 6.07) is 11.9. The van der Waals surface area contributed by atoms with Crippen molar-refractivity contribution >= 4 is 23.3 Å². The van der Waals surface area contributed by atoms with Gasteiger partial charge in [-0.3, -0.25) is 4.79 Å². The first-order valence-corrected chi connectivity index (χ1v) is 8.58. The van der Waals surface area contributed by atoms with Crippen molar-refractivity contribution in [3.63, 3.8) is 0 Å². The summed E-state index contributed by atoms with van der Waals surface area (Å²) in [7, 11) is 3.50. The molecule has 4 nitrogen and oxygen atoms in total. The van der Waals surface area contributed by atoms with E-state index < -0.39 is 0 Å². The van der Waals surface area contributed by atoms with E-state index >= 15 is 0 Å². The molecule has 126 valence electrons. The predicted octanol–water partition coefficient (Wildman–Crippen LogP) is 3.51. The Morgan fingerprint density at radius 3 is 2.62 bits per heavy atom. The topological polar surface area (TPSA) is 36.4 Å². The van der Waals surface area contributed by atoms with Gasteiger partial charge in [-0.2, -0.15) is 0 Å². The lowest BCUT2D eigenvalue weighted by Gasteiger charge is -2.18. The van der Waals surface area contributed by atoms with Gasteiger partial charge >= 0.3 is 0 Å². The van der Waals surface area contributed by atoms with E-state index in [4.69, 9.17) is 11.6 Å². The number of nitrogens with zero attached hydrogens (tertiary/aromatic N) is 3. The molecule has 1 amide bonds. The smallest absolute Gasteiger partial charge is 0.254 e. The zero-order valence-electron chi connectivity index (χ0n) is 14.1. The van der Waals surface area contributed by atoms with Crippen LogP contribution in [0.5, 0.6) is 0 Å². The number of carbonyl (C=O) groups excluding carboxylic acids is 1. The molecule has 5 heteroatoms. The van der Waals surface area contributed by atoms with Gasteiger partial charge in [0, 0.05) is 38.4 Å². The lowest BCUT2D eigenvalue weighted by atomic mass is 9.99. The van der Waals surface area contributed by atoms with Gasteiger partial charge in [-0.1, -0.05) is 23.7 Å². The first-order chi connectivity index (χ1) is 11.5. The molecule has 1 atom stereocenters. The molecule has 1 aliphatic heterocycles. The minimum atomic E-state index is -0.0175. The summed E-state index contributed by atoms with van der Waals surface area (Å²) in [6.07, 6.45) is 3.89. The quantitative estimate of drug-likeness (QED) is 0.852. The summed E-state index contributed by atoms with van der Waals surface area (Å²) >= 11 is 5.94. The van der Waals surface area contributed by atoms with Crippen molar-refractivity contribution in [2.45, 2.75) is 12.8 Å². The van der Waals surface area contributed by atoms with Crippen LogP contribution >= 0.6 is 11.6 Å². The molecule has 1 aromatic carbocycles. The standard InChI is InChI=1S/C19H22ClN3O/c1-22(2)19(24)16-5-8-18(21-12-16)23-10-9-15(13-23)11-14-3-6-17(20)7-4-14/h3-8,12,15H,9-11,13H2,1-2H3. The molecule has 1 fully saturated rings. The first-order valence-electron chi connectivity index (χ1n) is 8.20. The summed E-state index contributed by atoms with van der Waals surface area (Å²) in [5.74, 6) is 1.55. The van der Waals surface area contributed by atoms with Gasteiger partial charge in [-0.05, 0) is 48.6 Å². The van der Waals surface area contributed by atoms with Gasteiger partial charge in [-0.25, -0.2) is 4.98 Å². The van der Waals surface area contributed by atoms with E-state index in [1.807, 2.05) is 24.3 Å². The third-order valence-corrected chi connectivity index (χ3v) is 4.70. The Kier molecular flexibility index (Phi) is 5.05. The molecule has 0 aliphatic carbocycles. The van der Waals surface area contributed by atoms with Crippen LogP contribution in [0.2, 0.25) is 5.02 Å². The lowest BCUT2D eigenvalue weighted by Crippen LogP contribution is -2.23. The van der Waals surface area contributed by atoms with Crippen molar-refractivity contribution in [3.05, 3.63) is 58.7 Å². The highest BCUT2D eigenvalue weighted by Crippen LogP contribution is 2.25. The van der Waals surface area contributed by atoms with Crippen LogP contribution in [0.15, 0.2) is 42.6 Å². The molecule has 0 saturated carbocycles. The Balaban J connectivity index is 1.61. The summed E-state index contributed by atoms with van der Waals surface area (Å²) in [6.45, 7) is 2.00. The molecule has 1 aromatic heterocycles. The fraction of sp³-hybridized carbons (Fsp3) is 0.368. The van der Waals surface area contributed by atoms with Crippen LogP contribution in [0.1, 0.15) is 22.3 Å². The Morgan fingerprint density at radius 1 is 1.25 bits per heavy atom. The number of carbonyl (C=O) groups is 1. The highest BCUT2D eigenvalue weighted by Gasteiger charge is 2.23. The molecule has 1 unspecified atom stereocenters. The largest absolute Gasteiger partial charge is 0.356 e. The number of benzene rings is 1. The van der Waals surface area contributed by atoms with Crippen molar-refractivity contribution in [1.82, 2.24) is 9.88 Å². The average molecular weight is 344 g/mol. The average Bonchev–Trinajstić information content (AvgIpc) is 3.05. The monoisotopic (exact) mass is 343 g/mol. The summed E-state index contributed by atoms with van der Waals surface area (Å²) < 4.78 is 0. The second-order valence-electron chi connectivity index (χ2n) is 6.54. The van der Waals surface area contributed by atoms with Crippen molar-refractivity contribution in [2.75, 3.05) is 32.1 Å². The molecule has 0 radical (unpaired) electrons. The lowest BCUT2D eigenvalue weighted by molar-refractivity contribution is 0.0827. The Bertz CT molecular complexity index is 698. The third-order valence-electron chi connectivity index (χ3n) is 4.45. The van der Waals surface area contributed by atoms with Crippen LogP contribution in [0, 0.1) is 5.92 Å². The molecule has 0 spiro atoms. The van der Waals surface area contributed by atoms with E-state index in [1.165, 1.54) is 5.56 Å². The van der Waals surface area contributed by atoms with Crippen LogP contribution in [-0.4, -0.2) is 43.0 Å². The fourth-order valence-corrected chi connectivity index (χ4v) is 3.24. The van der Waals surface area contributed by atoms with E-state index in [1.54, 1.807) is 25.2 Å². The van der Waals surface area contributed by atoms with Crippen LogP contribution < -0.4 is 4.90 Å². The van der Waals surface area contributed by atoms with Crippen molar-refractivity contribution < 1.29 is 4.79 Å². The molecular weight excluding hydrogens is 322 g/mol. The molecular formula is C19H22ClN3O. The zero-order valence-corrected chi connectivity index (χ0v) is 14.8. The normalized spacial score (nSPS) is 17.1. The maximum absolute atomic E-state index is 11.9. The number of aromatic nitrogens is 1. The molecule has 24 heavy (non-hydrogen) atoms. The van der Waals surface area contributed by atoms with Gasteiger partial charge in [-0.15, -0.1) is 0 Å². The molecule has 3 rings (SSSR count). The third kappa shape index (κ3) is 3.88. The second-order valence-corrected chi connectivity index (χ2v) is 6.97. The van der Waals surface area contributed by atoms with E-state index in [9.17, 15) is 4.79 Å². The predicted molar refractivity (Wildman–Crippen MR) is 97.7 cm³/mol. The van der Waals surface area contributed by atoms with E-state index in [2.05, 4.69) is 22.0 Å². The highest BCUT2D eigenvalue weighted by atomic mass is 35.5. The summed E-state index contributed by atoms with van der Waals surface area (Å²) in [5.41, 5.74) is 1.95. The van der Waals surface area contributed by atoms with Crippen molar-refractivity contribution in [3.8, 4) is 0 Å². The number of pyridine rings is 1. The van der Waals surface area contributed by atoms with Crippen LogP contribution in [0.25, 0.3) is 0 Å². The van der Waals surface area contributed by atoms with Crippen molar-refractivity contribution in [1.29, 1.82) is 0 Å². The second kappa shape index (κ2) is 7.22. The minimum Gasteiger partial charge on any atom is -0.356 e. The Labute approximate surface area is 148 Å². The highest BCUT2D eigenvalue weighted by molar-refractivity contribution is 6.30. The SMILES string of the molecule is CN(C)C(=O)c1ccc(N2CCC(Cc3ccc(Cl)cc3)C2)nc1. The van der Waals surface area contributed by atoms with Gasteiger partial charge in [0.15, 0.2) is 0 Å². The molecule has 0 bridgehead atoms. The van der Waals surface area contributed by atoms with Crippen LogP contribution in [0.4, 0.5) is 5.82 Å². The van der Waals surface area contributed by atoms with Gasteiger partial charge in [0.05, 0.1) is 5.56 Å². The molecule has 1 aliphatic rings. The first kappa shape index (κ1) is 16.8. The summed E-state index contributed by atoms with van der Waals surface area (Å²) in [5, 5.41) is 0.781. The van der Waals surface area contributed by atoms with Crippen LogP contribution in [0.3, 0.4) is 0 Å². The Morgan fingerprint density at radius 2 is 2.00 bits per heavy atom. The summed E-state index contributed by atoms with van der Waals surface area (Å²) in [4.78, 5) is 20.3. The number of rotatable bonds is 4. The van der Waals surface area contributed by atoms with Gasteiger partial charge in [0.25, 0.3) is 5.91 Å².